The lowest BCUT2D eigenvalue weighted by molar-refractivity contribution is -0.138. The summed E-state index contributed by atoms with van der Waals surface area (Å²) in [4.78, 5) is 37.4. The van der Waals surface area contributed by atoms with Crippen LogP contribution in [0.2, 0.25) is 0 Å². The van der Waals surface area contributed by atoms with Crippen molar-refractivity contribution in [3.05, 3.63) is 47.9 Å². The minimum Gasteiger partial charge on any atom is -0.448 e. The van der Waals surface area contributed by atoms with E-state index in [9.17, 15) is 9.59 Å². The van der Waals surface area contributed by atoms with Crippen molar-refractivity contribution in [1.82, 2.24) is 19.8 Å². The first-order chi connectivity index (χ1) is 13.6. The molecular formula is C21H26N4O3. The number of amides is 2. The third kappa shape index (κ3) is 3.79. The second-order valence-electron chi connectivity index (χ2n) is 7.94. The van der Waals surface area contributed by atoms with E-state index in [4.69, 9.17) is 4.42 Å². The molecule has 2 aromatic heterocycles. The van der Waals surface area contributed by atoms with Crippen LogP contribution in [0.25, 0.3) is 0 Å². The Labute approximate surface area is 164 Å². The van der Waals surface area contributed by atoms with Gasteiger partial charge in [-0.25, -0.2) is 4.98 Å². The molecule has 2 fully saturated rings. The summed E-state index contributed by atoms with van der Waals surface area (Å²) in [6, 6.07) is 5.88. The van der Waals surface area contributed by atoms with Crippen LogP contribution in [-0.2, 0) is 11.2 Å². The van der Waals surface area contributed by atoms with Crippen LogP contribution in [0, 0.1) is 12.3 Å². The normalized spacial score (nSPS) is 19.2. The van der Waals surface area contributed by atoms with Crippen molar-refractivity contribution in [1.29, 1.82) is 0 Å². The van der Waals surface area contributed by atoms with Crippen molar-refractivity contribution >= 4 is 11.8 Å². The monoisotopic (exact) mass is 382 g/mol. The summed E-state index contributed by atoms with van der Waals surface area (Å²) in [6.45, 7) is 4.65. The van der Waals surface area contributed by atoms with Crippen LogP contribution in [0.15, 0.2) is 35.2 Å². The predicted molar refractivity (Wildman–Crippen MR) is 103 cm³/mol. The summed E-state index contributed by atoms with van der Waals surface area (Å²) in [5, 5.41) is 0. The van der Waals surface area contributed by atoms with Crippen molar-refractivity contribution in [2.75, 3.05) is 26.2 Å². The van der Waals surface area contributed by atoms with Gasteiger partial charge in [-0.2, -0.15) is 0 Å². The summed E-state index contributed by atoms with van der Waals surface area (Å²) in [7, 11) is 0. The van der Waals surface area contributed by atoms with E-state index in [1.807, 2.05) is 28.0 Å². The Bertz CT molecular complexity index is 840. The number of carbonyl (C=O) groups is 2. The molecule has 0 N–H and O–H groups in total. The molecule has 0 radical (unpaired) electrons. The molecule has 28 heavy (non-hydrogen) atoms. The number of oxazole rings is 1. The van der Waals surface area contributed by atoms with Gasteiger partial charge in [0.25, 0.3) is 5.91 Å². The fourth-order valence-corrected chi connectivity index (χ4v) is 4.35. The molecule has 7 nitrogen and oxygen atoms in total. The van der Waals surface area contributed by atoms with Gasteiger partial charge in [0, 0.05) is 50.9 Å². The summed E-state index contributed by atoms with van der Waals surface area (Å²) in [5.41, 5.74) is 1.54. The molecule has 2 aromatic rings. The molecule has 0 atom stereocenters. The number of likely N-dealkylation sites (tertiary alicyclic amines) is 2. The summed E-state index contributed by atoms with van der Waals surface area (Å²) >= 11 is 0. The second-order valence-corrected chi connectivity index (χ2v) is 7.94. The maximum Gasteiger partial charge on any atom is 0.276 e. The second kappa shape index (κ2) is 7.73. The quantitative estimate of drug-likeness (QED) is 0.812. The number of aryl methyl sites for hydroxylation is 1. The van der Waals surface area contributed by atoms with Crippen LogP contribution in [0.3, 0.4) is 0 Å². The Morgan fingerprint density at radius 2 is 2.04 bits per heavy atom. The zero-order chi connectivity index (χ0) is 19.6. The number of aromatic nitrogens is 2. The summed E-state index contributed by atoms with van der Waals surface area (Å²) < 4.78 is 5.17. The molecule has 0 bridgehead atoms. The SMILES string of the molecule is Cc1ocnc1C(=O)N1CCC2(CCC(=O)N(CCc3ccccn3)C2)CC1. The molecule has 0 aromatic carbocycles. The van der Waals surface area contributed by atoms with Crippen LogP contribution in [0.4, 0.5) is 0 Å². The molecule has 7 heteroatoms. The molecular weight excluding hydrogens is 356 g/mol. The first-order valence-electron chi connectivity index (χ1n) is 9.93. The zero-order valence-electron chi connectivity index (χ0n) is 16.3. The maximum atomic E-state index is 12.7. The van der Waals surface area contributed by atoms with Crippen LogP contribution in [-0.4, -0.2) is 57.8 Å². The lowest BCUT2D eigenvalue weighted by Crippen LogP contribution is -2.52. The molecule has 2 aliphatic rings. The predicted octanol–water partition coefficient (Wildman–Crippen LogP) is 2.47. The molecule has 1 spiro atoms. The highest BCUT2D eigenvalue weighted by molar-refractivity contribution is 5.93. The highest BCUT2D eigenvalue weighted by Crippen LogP contribution is 2.40. The first-order valence-corrected chi connectivity index (χ1v) is 9.93. The highest BCUT2D eigenvalue weighted by Gasteiger charge is 2.42. The van der Waals surface area contributed by atoms with E-state index in [2.05, 4.69) is 9.97 Å². The average molecular weight is 382 g/mol. The maximum absolute atomic E-state index is 12.7. The lowest BCUT2D eigenvalue weighted by atomic mass is 9.72. The minimum atomic E-state index is -0.0556. The molecule has 2 aliphatic heterocycles. The van der Waals surface area contributed by atoms with E-state index in [-0.39, 0.29) is 17.2 Å². The van der Waals surface area contributed by atoms with E-state index in [0.717, 1.165) is 37.9 Å². The van der Waals surface area contributed by atoms with E-state index in [1.54, 1.807) is 13.1 Å². The number of hydrogen-bond donors (Lipinski definition) is 0. The molecule has 0 unspecified atom stereocenters. The van der Waals surface area contributed by atoms with Gasteiger partial charge >= 0.3 is 0 Å². The number of nitrogens with zero attached hydrogens (tertiary/aromatic N) is 4. The molecule has 0 aliphatic carbocycles. The van der Waals surface area contributed by atoms with E-state index in [1.165, 1.54) is 6.39 Å². The van der Waals surface area contributed by atoms with Crippen LogP contribution in [0.5, 0.6) is 0 Å². The Hall–Kier alpha value is -2.70. The molecule has 2 saturated heterocycles. The Morgan fingerprint density at radius 3 is 2.71 bits per heavy atom. The summed E-state index contributed by atoms with van der Waals surface area (Å²) in [6.07, 6.45) is 7.23. The minimum absolute atomic E-state index is 0.0556. The molecule has 4 heterocycles. The smallest absolute Gasteiger partial charge is 0.276 e. The Balaban J connectivity index is 1.36. The third-order valence-corrected chi connectivity index (χ3v) is 6.17. The third-order valence-electron chi connectivity index (χ3n) is 6.17. The van der Waals surface area contributed by atoms with Gasteiger partial charge in [-0.1, -0.05) is 6.07 Å². The van der Waals surface area contributed by atoms with Gasteiger partial charge in [0.2, 0.25) is 5.91 Å². The standard InChI is InChI=1S/C21H26N4O3/c1-16-19(23-15-28-16)20(27)24-12-8-21(9-13-24)7-5-18(26)25(14-21)11-6-17-4-2-3-10-22-17/h2-4,10,15H,5-9,11-14H2,1H3. The van der Waals surface area contributed by atoms with Gasteiger partial charge < -0.3 is 14.2 Å². The zero-order valence-corrected chi connectivity index (χ0v) is 16.3. The van der Waals surface area contributed by atoms with Crippen molar-refractivity contribution in [2.45, 2.75) is 39.0 Å². The van der Waals surface area contributed by atoms with Crippen molar-refractivity contribution in [3.8, 4) is 0 Å². The number of carbonyl (C=O) groups excluding carboxylic acids is 2. The van der Waals surface area contributed by atoms with E-state index in [0.29, 0.717) is 37.5 Å². The van der Waals surface area contributed by atoms with Crippen molar-refractivity contribution in [3.63, 3.8) is 0 Å². The van der Waals surface area contributed by atoms with Gasteiger partial charge in [0.1, 0.15) is 5.76 Å². The van der Waals surface area contributed by atoms with Crippen molar-refractivity contribution in [2.24, 2.45) is 5.41 Å². The van der Waals surface area contributed by atoms with Crippen LogP contribution in [0.1, 0.15) is 47.6 Å². The molecule has 148 valence electrons. The van der Waals surface area contributed by atoms with Gasteiger partial charge in [-0.3, -0.25) is 14.6 Å². The lowest BCUT2D eigenvalue weighted by Gasteiger charge is -2.47. The van der Waals surface area contributed by atoms with Gasteiger partial charge in [0.15, 0.2) is 12.1 Å². The first kappa shape index (κ1) is 18.7. The topological polar surface area (TPSA) is 79.5 Å². The fourth-order valence-electron chi connectivity index (χ4n) is 4.35. The fraction of sp³-hybridized carbons (Fsp3) is 0.524. The number of pyridine rings is 1. The largest absolute Gasteiger partial charge is 0.448 e. The van der Waals surface area contributed by atoms with Gasteiger partial charge in [0.05, 0.1) is 0 Å². The molecule has 2 amide bonds. The van der Waals surface area contributed by atoms with Crippen LogP contribution < -0.4 is 0 Å². The highest BCUT2D eigenvalue weighted by atomic mass is 16.3. The Morgan fingerprint density at radius 1 is 1.21 bits per heavy atom. The van der Waals surface area contributed by atoms with Crippen molar-refractivity contribution < 1.29 is 14.0 Å². The van der Waals surface area contributed by atoms with Gasteiger partial charge in [-0.15, -0.1) is 0 Å². The average Bonchev–Trinajstić information content (AvgIpc) is 3.16. The Kier molecular flexibility index (Phi) is 5.15. The van der Waals surface area contributed by atoms with E-state index < -0.39 is 0 Å². The number of piperidine rings is 2. The molecule has 4 rings (SSSR count). The van der Waals surface area contributed by atoms with Gasteiger partial charge in [-0.05, 0) is 43.7 Å². The summed E-state index contributed by atoms with van der Waals surface area (Å²) in [5.74, 6) is 0.743. The van der Waals surface area contributed by atoms with E-state index >= 15 is 0 Å². The number of hydrogen-bond acceptors (Lipinski definition) is 5. The van der Waals surface area contributed by atoms with Crippen LogP contribution >= 0.6 is 0 Å². The molecule has 0 saturated carbocycles. The number of rotatable bonds is 4.